The van der Waals surface area contributed by atoms with E-state index in [4.69, 9.17) is 5.73 Å². The van der Waals surface area contributed by atoms with Gasteiger partial charge in [0.25, 0.3) is 5.91 Å². The molecule has 3 aromatic rings. The number of fused-ring (bicyclic) bond motifs is 2. The third-order valence-electron chi connectivity index (χ3n) is 6.30. The second-order valence-corrected chi connectivity index (χ2v) is 7.91. The summed E-state index contributed by atoms with van der Waals surface area (Å²) >= 11 is 0. The normalized spacial score (nSPS) is 27.1. The quantitative estimate of drug-likeness (QED) is 0.727. The van der Waals surface area contributed by atoms with E-state index < -0.39 is 12.0 Å². The van der Waals surface area contributed by atoms with Crippen molar-refractivity contribution < 1.29 is 9.90 Å². The molecule has 1 aromatic carbocycles. The Morgan fingerprint density at radius 2 is 1.86 bits per heavy atom. The Morgan fingerprint density at radius 1 is 1.07 bits per heavy atom. The maximum Gasteiger partial charge on any atom is 0.252 e. The number of carbonyl (C=O) groups is 1. The van der Waals surface area contributed by atoms with Gasteiger partial charge in [0.15, 0.2) is 0 Å². The summed E-state index contributed by atoms with van der Waals surface area (Å²) in [4.78, 5) is 22.8. The fraction of sp³-hybridized carbons (Fsp3) is 0.381. The second kappa shape index (κ2) is 6.60. The number of primary amides is 1. The Bertz CT molecular complexity index is 1030. The minimum Gasteiger partial charge on any atom is -0.391 e. The van der Waals surface area contributed by atoms with Crippen LogP contribution in [0.4, 0.5) is 5.82 Å². The van der Waals surface area contributed by atoms with E-state index in [0.717, 1.165) is 37.0 Å². The maximum atomic E-state index is 11.8. The lowest BCUT2D eigenvalue weighted by Crippen LogP contribution is -2.36. The van der Waals surface area contributed by atoms with E-state index in [0.29, 0.717) is 23.2 Å². The number of amides is 1. The van der Waals surface area contributed by atoms with Crippen LogP contribution in [0.15, 0.2) is 48.9 Å². The number of para-hydroxylation sites is 2. The van der Waals surface area contributed by atoms with Gasteiger partial charge in [-0.15, -0.1) is 0 Å². The number of aliphatic hydroxyl groups excluding tert-OH is 1. The summed E-state index contributed by atoms with van der Waals surface area (Å²) in [5.74, 6) is 1.00. The molecule has 1 aliphatic heterocycles. The van der Waals surface area contributed by atoms with Crippen molar-refractivity contribution in [3.63, 3.8) is 0 Å². The fourth-order valence-corrected chi connectivity index (χ4v) is 4.96. The van der Waals surface area contributed by atoms with E-state index in [1.165, 1.54) is 0 Å². The van der Waals surface area contributed by atoms with E-state index in [-0.39, 0.29) is 6.04 Å². The molecule has 3 N–H and O–H groups in total. The van der Waals surface area contributed by atoms with Crippen LogP contribution in [-0.4, -0.2) is 44.7 Å². The number of nitrogens with two attached hydrogens (primary N) is 1. The number of aromatic nitrogens is 3. The molecule has 5 rings (SSSR count). The number of hydrogen-bond acceptors (Lipinski definition) is 5. The Kier molecular flexibility index (Phi) is 4.05. The smallest absolute Gasteiger partial charge is 0.252 e. The van der Waals surface area contributed by atoms with Crippen molar-refractivity contribution >= 4 is 22.8 Å². The van der Waals surface area contributed by atoms with Crippen molar-refractivity contribution in [2.45, 2.75) is 25.0 Å². The Morgan fingerprint density at radius 3 is 2.68 bits per heavy atom. The summed E-state index contributed by atoms with van der Waals surface area (Å²) in [6.45, 7) is 1.61. The van der Waals surface area contributed by atoms with Gasteiger partial charge in [-0.2, -0.15) is 0 Å². The summed E-state index contributed by atoms with van der Waals surface area (Å²) in [6, 6.07) is 11.5. The number of pyridine rings is 1. The average Bonchev–Trinajstić information content (AvgIpc) is 3.31. The molecule has 1 aliphatic carbocycles. The Balaban J connectivity index is 1.41. The largest absolute Gasteiger partial charge is 0.391 e. The lowest BCUT2D eigenvalue weighted by Gasteiger charge is -2.36. The molecular weight excluding hydrogens is 354 g/mol. The summed E-state index contributed by atoms with van der Waals surface area (Å²) in [5.41, 5.74) is 8.00. The lowest BCUT2D eigenvalue weighted by atomic mass is 9.77. The molecule has 0 spiro atoms. The number of benzene rings is 1. The molecule has 4 atom stereocenters. The van der Waals surface area contributed by atoms with Gasteiger partial charge in [-0.1, -0.05) is 12.1 Å². The molecule has 7 nitrogen and oxygen atoms in total. The van der Waals surface area contributed by atoms with E-state index in [9.17, 15) is 9.90 Å². The molecular formula is C21H23N5O2. The van der Waals surface area contributed by atoms with Gasteiger partial charge in [0.05, 0.1) is 35.1 Å². The van der Waals surface area contributed by atoms with Gasteiger partial charge in [-0.25, -0.2) is 9.97 Å². The molecule has 7 heteroatoms. The van der Waals surface area contributed by atoms with Gasteiger partial charge >= 0.3 is 0 Å². The average molecular weight is 377 g/mol. The summed E-state index contributed by atoms with van der Waals surface area (Å²) < 4.78 is 2.12. The van der Waals surface area contributed by atoms with Crippen molar-refractivity contribution in [2.24, 2.45) is 17.6 Å². The topological polar surface area (TPSA) is 97.3 Å². The molecule has 2 aromatic heterocycles. The second-order valence-electron chi connectivity index (χ2n) is 7.91. The third kappa shape index (κ3) is 2.74. The van der Waals surface area contributed by atoms with Crippen LogP contribution in [0.5, 0.6) is 0 Å². The van der Waals surface area contributed by atoms with Crippen molar-refractivity contribution in [1.29, 1.82) is 0 Å². The van der Waals surface area contributed by atoms with Crippen LogP contribution >= 0.6 is 0 Å². The zero-order chi connectivity index (χ0) is 19.3. The molecule has 0 radical (unpaired) electrons. The molecule has 1 saturated carbocycles. The first-order chi connectivity index (χ1) is 13.6. The van der Waals surface area contributed by atoms with E-state index >= 15 is 0 Å². The SMILES string of the molecule is NC(=O)c1cccnc1N1C[C@H]2C[C@@H](n3cnc4ccccc43)[C@H](O)C[C@H]2C1. The van der Waals surface area contributed by atoms with Crippen LogP contribution in [0, 0.1) is 11.8 Å². The van der Waals surface area contributed by atoms with Gasteiger partial charge in [0.1, 0.15) is 5.82 Å². The first kappa shape index (κ1) is 17.2. The number of imidazole rings is 1. The molecule has 3 heterocycles. The number of rotatable bonds is 3. The Labute approximate surface area is 162 Å². The highest BCUT2D eigenvalue weighted by Crippen LogP contribution is 2.43. The summed E-state index contributed by atoms with van der Waals surface area (Å²) in [6.07, 6.45) is 4.73. The fourth-order valence-electron chi connectivity index (χ4n) is 4.96. The Hall–Kier alpha value is -2.93. The first-order valence-corrected chi connectivity index (χ1v) is 9.71. The molecule has 2 fully saturated rings. The van der Waals surface area contributed by atoms with Crippen molar-refractivity contribution in [2.75, 3.05) is 18.0 Å². The van der Waals surface area contributed by atoms with Crippen LogP contribution in [-0.2, 0) is 0 Å². The van der Waals surface area contributed by atoms with Crippen LogP contribution in [0.2, 0.25) is 0 Å². The minimum absolute atomic E-state index is 0.00735. The van der Waals surface area contributed by atoms with Crippen molar-refractivity contribution in [1.82, 2.24) is 14.5 Å². The molecule has 144 valence electrons. The zero-order valence-corrected chi connectivity index (χ0v) is 15.5. The molecule has 1 amide bonds. The highest BCUT2D eigenvalue weighted by Gasteiger charge is 2.43. The maximum absolute atomic E-state index is 11.8. The highest BCUT2D eigenvalue weighted by atomic mass is 16.3. The predicted molar refractivity (Wildman–Crippen MR) is 106 cm³/mol. The van der Waals surface area contributed by atoms with Gasteiger partial charge < -0.3 is 20.3 Å². The molecule has 2 aliphatic rings. The van der Waals surface area contributed by atoms with Crippen molar-refractivity contribution in [3.05, 3.63) is 54.5 Å². The monoisotopic (exact) mass is 377 g/mol. The number of aliphatic hydroxyl groups is 1. The molecule has 0 unspecified atom stereocenters. The first-order valence-electron chi connectivity index (χ1n) is 9.71. The molecule has 28 heavy (non-hydrogen) atoms. The molecule has 1 saturated heterocycles. The molecule has 0 bridgehead atoms. The van der Waals surface area contributed by atoms with Gasteiger partial charge in [0.2, 0.25) is 0 Å². The standard InChI is InChI=1S/C21H23N5O2/c22-20(28)15-4-3-7-23-21(15)25-10-13-8-18(19(27)9-14(13)11-25)26-12-24-16-5-1-2-6-17(16)26/h1-7,12-14,18-19,27H,8-11H2,(H2,22,28)/t13-,14+,18-,19-/m1/s1. The number of carbonyl (C=O) groups excluding carboxylic acids is 1. The number of anilines is 1. The number of nitrogens with zero attached hydrogens (tertiary/aromatic N) is 4. The van der Waals surface area contributed by atoms with Crippen molar-refractivity contribution in [3.8, 4) is 0 Å². The van der Waals surface area contributed by atoms with E-state index in [1.54, 1.807) is 18.3 Å². The number of hydrogen-bond donors (Lipinski definition) is 2. The van der Waals surface area contributed by atoms with Crippen LogP contribution in [0.1, 0.15) is 29.2 Å². The lowest BCUT2D eigenvalue weighted by molar-refractivity contribution is 0.0375. The van der Waals surface area contributed by atoms with Gasteiger partial charge in [-0.05, 0) is 48.9 Å². The van der Waals surface area contributed by atoms with Crippen LogP contribution in [0.3, 0.4) is 0 Å². The van der Waals surface area contributed by atoms with Gasteiger partial charge in [-0.3, -0.25) is 4.79 Å². The zero-order valence-electron chi connectivity index (χ0n) is 15.5. The summed E-state index contributed by atoms with van der Waals surface area (Å²) in [5, 5.41) is 10.9. The summed E-state index contributed by atoms with van der Waals surface area (Å²) in [7, 11) is 0. The van der Waals surface area contributed by atoms with Crippen LogP contribution < -0.4 is 10.6 Å². The van der Waals surface area contributed by atoms with E-state index in [2.05, 4.69) is 25.5 Å². The van der Waals surface area contributed by atoms with E-state index in [1.807, 2.05) is 24.5 Å². The van der Waals surface area contributed by atoms with Crippen LogP contribution in [0.25, 0.3) is 11.0 Å². The van der Waals surface area contributed by atoms with Gasteiger partial charge in [0, 0.05) is 19.3 Å². The predicted octanol–water partition coefficient (Wildman–Crippen LogP) is 1.98. The highest BCUT2D eigenvalue weighted by molar-refractivity contribution is 5.97. The third-order valence-corrected chi connectivity index (χ3v) is 6.30. The minimum atomic E-state index is -0.458.